The molecule has 0 spiro atoms. The topological polar surface area (TPSA) is 55.0 Å². The second-order valence-corrected chi connectivity index (χ2v) is 7.06. The maximum Gasteiger partial charge on any atom is 0.187 e. The highest BCUT2D eigenvalue weighted by molar-refractivity contribution is 6.14. The Bertz CT molecular complexity index is 1120. The molecule has 1 saturated heterocycles. The summed E-state index contributed by atoms with van der Waals surface area (Å²) in [5.41, 5.74) is 6.92. The van der Waals surface area contributed by atoms with Crippen molar-refractivity contribution in [3.8, 4) is 11.1 Å². The first kappa shape index (κ1) is 17.5. The highest BCUT2D eigenvalue weighted by Gasteiger charge is 2.21. The Labute approximate surface area is 169 Å². The molecule has 0 unspecified atom stereocenters. The molecule has 1 aromatic heterocycles. The second-order valence-electron chi connectivity index (χ2n) is 7.06. The van der Waals surface area contributed by atoms with Crippen LogP contribution in [-0.2, 0) is 11.3 Å². The minimum Gasteiger partial charge on any atom is -0.378 e. The first-order chi connectivity index (χ1) is 14.3. The van der Waals surface area contributed by atoms with Gasteiger partial charge < -0.3 is 9.64 Å². The Hall–Kier alpha value is -3.56. The SMILES string of the molecule is [C-]#[N+]c1ccc(-c2ccc3c(c2)C(c2cc(N4CCOCC4)ncn2)=NC3)cc1. The van der Waals surface area contributed by atoms with E-state index in [4.69, 9.17) is 16.3 Å². The van der Waals surface area contributed by atoms with E-state index in [1.165, 1.54) is 5.56 Å². The quantitative estimate of drug-likeness (QED) is 0.646. The zero-order valence-electron chi connectivity index (χ0n) is 15.9. The predicted octanol–water partition coefficient (Wildman–Crippen LogP) is 3.88. The monoisotopic (exact) mass is 381 g/mol. The van der Waals surface area contributed by atoms with E-state index in [1.807, 2.05) is 30.3 Å². The van der Waals surface area contributed by atoms with Crippen LogP contribution in [0, 0.1) is 6.57 Å². The third kappa shape index (κ3) is 3.37. The highest BCUT2D eigenvalue weighted by Crippen LogP contribution is 2.30. The van der Waals surface area contributed by atoms with Gasteiger partial charge in [0.25, 0.3) is 0 Å². The van der Waals surface area contributed by atoms with Crippen LogP contribution in [0.5, 0.6) is 0 Å². The van der Waals surface area contributed by atoms with Crippen LogP contribution in [0.3, 0.4) is 0 Å². The maximum atomic E-state index is 7.12. The van der Waals surface area contributed by atoms with E-state index in [2.05, 4.69) is 37.9 Å². The van der Waals surface area contributed by atoms with Gasteiger partial charge in [0, 0.05) is 24.7 Å². The average molecular weight is 381 g/mol. The van der Waals surface area contributed by atoms with Crippen LogP contribution in [-0.4, -0.2) is 42.0 Å². The van der Waals surface area contributed by atoms with Crippen LogP contribution in [0.25, 0.3) is 16.0 Å². The van der Waals surface area contributed by atoms with Crippen LogP contribution in [0.2, 0.25) is 0 Å². The van der Waals surface area contributed by atoms with Crippen molar-refractivity contribution in [2.45, 2.75) is 6.54 Å². The van der Waals surface area contributed by atoms with Gasteiger partial charge in [0.15, 0.2) is 5.69 Å². The smallest absolute Gasteiger partial charge is 0.187 e. The Balaban J connectivity index is 1.48. The lowest BCUT2D eigenvalue weighted by molar-refractivity contribution is 0.122. The molecule has 0 atom stereocenters. The molecule has 2 aliphatic heterocycles. The van der Waals surface area contributed by atoms with Crippen LogP contribution in [0.4, 0.5) is 11.5 Å². The zero-order chi connectivity index (χ0) is 19.6. The molecule has 0 radical (unpaired) electrons. The summed E-state index contributed by atoms with van der Waals surface area (Å²) in [6, 6.07) is 16.1. The Kier molecular flexibility index (Phi) is 4.51. The van der Waals surface area contributed by atoms with Gasteiger partial charge in [0.05, 0.1) is 37.7 Å². The summed E-state index contributed by atoms with van der Waals surface area (Å²) in [4.78, 5) is 19.4. The Morgan fingerprint density at radius 3 is 2.52 bits per heavy atom. The van der Waals surface area contributed by atoms with Crippen LogP contribution in [0.1, 0.15) is 16.8 Å². The third-order valence-corrected chi connectivity index (χ3v) is 5.33. The number of benzene rings is 2. The van der Waals surface area contributed by atoms with Gasteiger partial charge in [-0.25, -0.2) is 14.8 Å². The maximum absolute atomic E-state index is 7.12. The summed E-state index contributed by atoms with van der Waals surface area (Å²) in [5, 5.41) is 0. The largest absolute Gasteiger partial charge is 0.378 e. The van der Waals surface area contributed by atoms with E-state index in [0.29, 0.717) is 12.2 Å². The van der Waals surface area contributed by atoms with Crippen molar-refractivity contribution < 1.29 is 4.74 Å². The zero-order valence-corrected chi connectivity index (χ0v) is 15.9. The number of rotatable bonds is 3. The summed E-state index contributed by atoms with van der Waals surface area (Å²) >= 11 is 0. The lowest BCUT2D eigenvalue weighted by atomic mass is 9.97. The van der Waals surface area contributed by atoms with Crippen molar-refractivity contribution in [3.05, 3.63) is 83.1 Å². The summed E-state index contributed by atoms with van der Waals surface area (Å²) < 4.78 is 5.44. The minimum atomic E-state index is 0.647. The van der Waals surface area contributed by atoms with E-state index in [1.54, 1.807) is 6.33 Å². The first-order valence-corrected chi connectivity index (χ1v) is 9.62. The number of morpholine rings is 1. The van der Waals surface area contributed by atoms with Gasteiger partial charge in [0.1, 0.15) is 12.1 Å². The fraction of sp³-hybridized carbons (Fsp3) is 0.217. The van der Waals surface area contributed by atoms with Gasteiger partial charge in [0.2, 0.25) is 0 Å². The van der Waals surface area contributed by atoms with E-state index in [0.717, 1.165) is 60.2 Å². The lowest BCUT2D eigenvalue weighted by Crippen LogP contribution is -2.36. The molecule has 0 saturated carbocycles. The first-order valence-electron chi connectivity index (χ1n) is 9.62. The molecule has 29 heavy (non-hydrogen) atoms. The molecule has 1 fully saturated rings. The summed E-state index contributed by atoms with van der Waals surface area (Å²) in [6.45, 7) is 10.9. The number of fused-ring (bicyclic) bond motifs is 1. The van der Waals surface area contributed by atoms with Crippen LogP contribution >= 0.6 is 0 Å². The molecule has 5 rings (SSSR count). The number of ether oxygens (including phenoxy) is 1. The molecule has 142 valence electrons. The number of hydrogen-bond donors (Lipinski definition) is 0. The molecule has 6 nitrogen and oxygen atoms in total. The molecule has 0 N–H and O–H groups in total. The van der Waals surface area contributed by atoms with Gasteiger partial charge in [-0.2, -0.15) is 0 Å². The normalized spacial score (nSPS) is 15.6. The number of aromatic nitrogens is 2. The second kappa shape index (κ2) is 7.46. The summed E-state index contributed by atoms with van der Waals surface area (Å²) in [6.07, 6.45) is 1.62. The van der Waals surface area contributed by atoms with Gasteiger partial charge in [-0.05, 0) is 22.8 Å². The predicted molar refractivity (Wildman–Crippen MR) is 113 cm³/mol. The van der Waals surface area contributed by atoms with Gasteiger partial charge >= 0.3 is 0 Å². The van der Waals surface area contributed by atoms with Gasteiger partial charge in [-0.15, -0.1) is 0 Å². The number of aliphatic imine (C=N–C) groups is 1. The van der Waals surface area contributed by atoms with Gasteiger partial charge in [-0.1, -0.05) is 36.4 Å². The lowest BCUT2D eigenvalue weighted by Gasteiger charge is -2.27. The molecule has 0 amide bonds. The fourth-order valence-corrected chi connectivity index (χ4v) is 3.75. The number of nitrogens with zero attached hydrogens (tertiary/aromatic N) is 5. The highest BCUT2D eigenvalue weighted by atomic mass is 16.5. The number of hydrogen-bond acceptors (Lipinski definition) is 5. The van der Waals surface area contributed by atoms with E-state index in [-0.39, 0.29) is 0 Å². The van der Waals surface area contributed by atoms with Crippen molar-refractivity contribution in [3.63, 3.8) is 0 Å². The molecule has 3 aromatic rings. The van der Waals surface area contributed by atoms with E-state index in [9.17, 15) is 0 Å². The molecule has 3 heterocycles. The van der Waals surface area contributed by atoms with E-state index < -0.39 is 0 Å². The molecular weight excluding hydrogens is 362 g/mol. The third-order valence-electron chi connectivity index (χ3n) is 5.33. The molecule has 0 aliphatic carbocycles. The molecule has 2 aromatic carbocycles. The molecule has 0 bridgehead atoms. The van der Waals surface area contributed by atoms with Crippen molar-refractivity contribution in [1.29, 1.82) is 0 Å². The number of anilines is 1. The Morgan fingerprint density at radius 2 is 1.72 bits per heavy atom. The van der Waals surface area contributed by atoms with Gasteiger partial charge in [-0.3, -0.25) is 4.99 Å². The minimum absolute atomic E-state index is 0.647. The Morgan fingerprint density at radius 1 is 0.931 bits per heavy atom. The van der Waals surface area contributed by atoms with Crippen molar-refractivity contribution >= 4 is 17.2 Å². The summed E-state index contributed by atoms with van der Waals surface area (Å²) in [7, 11) is 0. The van der Waals surface area contributed by atoms with Crippen LogP contribution in [0.15, 0.2) is 59.9 Å². The van der Waals surface area contributed by atoms with Crippen molar-refractivity contribution in [1.82, 2.24) is 9.97 Å². The summed E-state index contributed by atoms with van der Waals surface area (Å²) in [5.74, 6) is 0.917. The van der Waals surface area contributed by atoms with Crippen molar-refractivity contribution in [2.24, 2.45) is 4.99 Å². The molecular formula is C23H19N5O. The standard InChI is InChI=1S/C23H19N5O/c1-24-19-6-4-16(5-7-19)17-2-3-18-14-25-23(20(18)12-17)21-13-22(27-15-26-21)28-8-10-29-11-9-28/h2-7,12-13,15H,8-11,14H2. The van der Waals surface area contributed by atoms with Crippen LogP contribution < -0.4 is 4.90 Å². The molecule has 6 heteroatoms. The molecule has 2 aliphatic rings. The fourth-order valence-electron chi connectivity index (χ4n) is 3.75. The average Bonchev–Trinajstić information content (AvgIpc) is 3.23. The van der Waals surface area contributed by atoms with E-state index >= 15 is 0 Å². The van der Waals surface area contributed by atoms with Crippen molar-refractivity contribution in [2.75, 3.05) is 31.2 Å².